The van der Waals surface area contributed by atoms with Crippen molar-refractivity contribution in [2.45, 2.75) is 69.6 Å². The Kier molecular flexibility index (Phi) is 7.29. The predicted octanol–water partition coefficient (Wildman–Crippen LogP) is 5.26. The van der Waals surface area contributed by atoms with Gasteiger partial charge in [0.15, 0.2) is 11.6 Å². The molecule has 0 radical (unpaired) electrons. The SMILES string of the molecule is C[C@H](Oc1nc2c3c(c(Cl)c(C4CCCc5sc(N)c(C#N)c54)c(F)c3n1)OCCN2C1CCOC1)C1CCCN1C. The summed E-state index contributed by atoms with van der Waals surface area (Å²) in [6.45, 7) is 5.12. The Morgan fingerprint density at radius 2 is 2.05 bits per heavy atom. The molecule has 1 aliphatic carbocycles. The van der Waals surface area contributed by atoms with Crippen molar-refractivity contribution in [3.05, 3.63) is 32.4 Å². The standard InChI is InChI=1S/C30H34ClFN6O3S/c1-15(19-6-4-9-37(19)2)41-30-35-26-23-27(40-12-10-38(29(23)36-30)16-8-11-39-14-16)24(31)22(25(26)32)17-5-3-7-20-21(17)18(13-33)28(34)42-20/h15-17,19H,3-12,14,34H2,1-2H3/t15-,16?,17?,19?/m0/s1. The predicted molar refractivity (Wildman–Crippen MR) is 161 cm³/mol. The maximum absolute atomic E-state index is 17.0. The number of aryl methyl sites for hydroxylation is 1. The van der Waals surface area contributed by atoms with Gasteiger partial charge in [0.25, 0.3) is 0 Å². The number of nitrogens with zero attached hydrogens (tertiary/aromatic N) is 5. The average Bonchev–Trinajstić information content (AvgIpc) is 3.70. The number of likely N-dealkylation sites (N-methyl/N-ethyl adjacent to an activating group) is 1. The molecule has 0 spiro atoms. The highest BCUT2D eigenvalue weighted by molar-refractivity contribution is 7.16. The van der Waals surface area contributed by atoms with E-state index in [1.807, 2.05) is 6.92 Å². The lowest BCUT2D eigenvalue weighted by Crippen LogP contribution is -2.39. The van der Waals surface area contributed by atoms with E-state index in [2.05, 4.69) is 22.9 Å². The summed E-state index contributed by atoms with van der Waals surface area (Å²) in [4.78, 5) is 15.0. The molecule has 222 valence electrons. The number of anilines is 2. The molecule has 12 heteroatoms. The number of ether oxygens (including phenoxy) is 3. The van der Waals surface area contributed by atoms with Gasteiger partial charge in [0, 0.05) is 29.0 Å². The van der Waals surface area contributed by atoms with Gasteiger partial charge in [0.1, 0.15) is 35.1 Å². The van der Waals surface area contributed by atoms with E-state index in [1.54, 1.807) is 0 Å². The molecule has 2 aromatic heterocycles. The molecular formula is C30H34ClFN6O3S. The fraction of sp³-hybridized carbons (Fsp3) is 0.567. The van der Waals surface area contributed by atoms with Crippen molar-refractivity contribution >= 4 is 44.7 Å². The molecule has 9 nitrogen and oxygen atoms in total. The van der Waals surface area contributed by atoms with Crippen LogP contribution in [0.2, 0.25) is 5.02 Å². The Bertz CT molecular complexity index is 1590. The molecule has 1 aromatic carbocycles. The number of thiophene rings is 1. The second-order valence-corrected chi connectivity index (χ2v) is 13.2. The zero-order chi connectivity index (χ0) is 29.1. The zero-order valence-corrected chi connectivity index (χ0v) is 25.4. The van der Waals surface area contributed by atoms with E-state index < -0.39 is 11.7 Å². The molecule has 42 heavy (non-hydrogen) atoms. The van der Waals surface area contributed by atoms with Gasteiger partial charge >= 0.3 is 6.01 Å². The quantitative estimate of drug-likeness (QED) is 0.413. The fourth-order valence-electron chi connectivity index (χ4n) is 7.28. The number of halogens is 2. The Balaban J connectivity index is 1.43. The summed E-state index contributed by atoms with van der Waals surface area (Å²) in [5, 5.41) is 11.1. The van der Waals surface area contributed by atoms with E-state index in [0.717, 1.165) is 49.1 Å². The zero-order valence-electron chi connectivity index (χ0n) is 23.8. The number of nitrogens with two attached hydrogens (primary N) is 1. The lowest BCUT2D eigenvalue weighted by atomic mass is 9.80. The van der Waals surface area contributed by atoms with Crippen LogP contribution in [0.25, 0.3) is 10.9 Å². The third kappa shape index (κ3) is 4.46. The number of hydrogen-bond acceptors (Lipinski definition) is 10. The van der Waals surface area contributed by atoms with Crippen molar-refractivity contribution in [1.29, 1.82) is 5.26 Å². The van der Waals surface area contributed by atoms with Crippen molar-refractivity contribution in [3.63, 3.8) is 0 Å². The number of aromatic nitrogens is 2. The molecule has 2 fully saturated rings. The molecule has 0 amide bonds. The first kappa shape index (κ1) is 27.9. The Morgan fingerprint density at radius 1 is 1.19 bits per heavy atom. The highest BCUT2D eigenvalue weighted by atomic mass is 35.5. The highest BCUT2D eigenvalue weighted by Crippen LogP contribution is 2.52. The van der Waals surface area contributed by atoms with Crippen molar-refractivity contribution in [1.82, 2.24) is 14.9 Å². The molecule has 2 saturated heterocycles. The molecule has 3 aromatic rings. The van der Waals surface area contributed by atoms with E-state index in [1.165, 1.54) is 11.3 Å². The van der Waals surface area contributed by atoms with E-state index >= 15 is 4.39 Å². The van der Waals surface area contributed by atoms with Gasteiger partial charge in [0.2, 0.25) is 0 Å². The molecule has 5 heterocycles. The molecule has 0 saturated carbocycles. The molecule has 3 unspecified atom stereocenters. The first-order valence-corrected chi connectivity index (χ1v) is 15.9. The summed E-state index contributed by atoms with van der Waals surface area (Å²) in [5.74, 6) is -0.0368. The highest BCUT2D eigenvalue weighted by Gasteiger charge is 2.38. The summed E-state index contributed by atoms with van der Waals surface area (Å²) in [5.41, 5.74) is 7.85. The van der Waals surface area contributed by atoms with Crippen molar-refractivity contribution in [2.24, 2.45) is 0 Å². The lowest BCUT2D eigenvalue weighted by Gasteiger charge is -2.30. The molecular weight excluding hydrogens is 579 g/mol. The van der Waals surface area contributed by atoms with Crippen LogP contribution in [-0.4, -0.2) is 73.0 Å². The second kappa shape index (κ2) is 11.0. The van der Waals surface area contributed by atoms with Crippen molar-refractivity contribution < 1.29 is 18.6 Å². The van der Waals surface area contributed by atoms with E-state index in [9.17, 15) is 5.26 Å². The van der Waals surface area contributed by atoms with E-state index in [4.69, 9.17) is 41.5 Å². The Hall–Kier alpha value is -2.91. The number of benzene rings is 1. The summed E-state index contributed by atoms with van der Waals surface area (Å²) in [6, 6.07) is 2.68. The number of nitrogen functional groups attached to an aromatic ring is 1. The molecule has 4 atom stereocenters. The van der Waals surface area contributed by atoms with Crippen LogP contribution < -0.4 is 20.1 Å². The summed E-state index contributed by atoms with van der Waals surface area (Å²) >= 11 is 8.50. The summed E-state index contributed by atoms with van der Waals surface area (Å²) in [7, 11) is 2.09. The van der Waals surface area contributed by atoms with Gasteiger partial charge in [0.05, 0.1) is 35.2 Å². The van der Waals surface area contributed by atoms with Crippen LogP contribution in [0.1, 0.15) is 66.5 Å². The number of hydrogen-bond donors (Lipinski definition) is 1. The van der Waals surface area contributed by atoms with Crippen LogP contribution in [0, 0.1) is 17.1 Å². The first-order chi connectivity index (χ1) is 20.4. The average molecular weight is 613 g/mol. The molecule has 7 rings (SSSR count). The van der Waals surface area contributed by atoms with Gasteiger partial charge in [-0.1, -0.05) is 11.6 Å². The number of rotatable bonds is 5. The van der Waals surface area contributed by atoms with Gasteiger partial charge in [-0.3, -0.25) is 4.90 Å². The normalized spacial score (nSPS) is 24.7. The van der Waals surface area contributed by atoms with Crippen molar-refractivity contribution in [3.8, 4) is 17.8 Å². The largest absolute Gasteiger partial charge is 0.489 e. The van der Waals surface area contributed by atoms with E-state index in [-0.39, 0.29) is 34.7 Å². The maximum Gasteiger partial charge on any atom is 0.319 e. The topological polar surface area (TPSA) is 110 Å². The van der Waals surface area contributed by atoms with Crippen LogP contribution in [0.4, 0.5) is 15.2 Å². The van der Waals surface area contributed by atoms with Crippen LogP contribution in [0.3, 0.4) is 0 Å². The number of likely N-dealkylation sites (tertiary alicyclic amines) is 1. The minimum absolute atomic E-state index is 0.0678. The van der Waals surface area contributed by atoms with Crippen LogP contribution in [-0.2, 0) is 11.2 Å². The molecule has 0 bridgehead atoms. The summed E-state index contributed by atoms with van der Waals surface area (Å²) in [6.07, 6.45) is 5.03. The number of fused-ring (bicyclic) bond motifs is 1. The lowest BCUT2D eigenvalue weighted by molar-refractivity contribution is 0.112. The van der Waals surface area contributed by atoms with Crippen LogP contribution >= 0.6 is 22.9 Å². The third-order valence-electron chi connectivity index (χ3n) is 9.34. The third-order valence-corrected chi connectivity index (χ3v) is 10.8. The van der Waals surface area contributed by atoms with E-state index in [0.29, 0.717) is 65.9 Å². The first-order valence-electron chi connectivity index (χ1n) is 14.7. The fourth-order valence-corrected chi connectivity index (χ4v) is 8.77. The summed E-state index contributed by atoms with van der Waals surface area (Å²) < 4.78 is 35.4. The van der Waals surface area contributed by atoms with Gasteiger partial charge in [-0.05, 0) is 64.6 Å². The molecule has 2 N–H and O–H groups in total. The Morgan fingerprint density at radius 3 is 2.79 bits per heavy atom. The molecule has 4 aliphatic rings. The monoisotopic (exact) mass is 612 g/mol. The minimum Gasteiger partial charge on any atom is -0.489 e. The van der Waals surface area contributed by atoms with Crippen LogP contribution in [0.15, 0.2) is 0 Å². The number of nitriles is 1. The maximum atomic E-state index is 17.0. The van der Waals surface area contributed by atoms with Gasteiger partial charge in [-0.25, -0.2) is 4.39 Å². The van der Waals surface area contributed by atoms with Crippen molar-refractivity contribution in [2.75, 3.05) is 50.6 Å². The van der Waals surface area contributed by atoms with Gasteiger partial charge in [-0.2, -0.15) is 15.2 Å². The minimum atomic E-state index is -0.530. The smallest absolute Gasteiger partial charge is 0.319 e. The van der Waals surface area contributed by atoms with Gasteiger partial charge < -0.3 is 24.8 Å². The Labute approximate surface area is 253 Å². The van der Waals surface area contributed by atoms with Gasteiger partial charge in [-0.15, -0.1) is 11.3 Å². The van der Waals surface area contributed by atoms with Crippen LogP contribution in [0.5, 0.6) is 11.8 Å². The second-order valence-electron chi connectivity index (χ2n) is 11.7. The molecule has 3 aliphatic heterocycles.